The second kappa shape index (κ2) is 6.18. The lowest BCUT2D eigenvalue weighted by Gasteiger charge is -2.15. The van der Waals surface area contributed by atoms with Gasteiger partial charge in [-0.15, -0.1) is 0 Å². The number of aromatic nitrogens is 3. The van der Waals surface area contributed by atoms with Gasteiger partial charge in [0.05, 0.1) is 19.2 Å². The van der Waals surface area contributed by atoms with E-state index in [1.807, 2.05) is 37.2 Å². The molecule has 0 amide bonds. The number of methoxy groups -OCH3 is 1. The Morgan fingerprint density at radius 2 is 2.04 bits per heavy atom. The summed E-state index contributed by atoms with van der Waals surface area (Å²) >= 11 is 0. The van der Waals surface area contributed by atoms with Crippen molar-refractivity contribution in [2.24, 2.45) is 0 Å². The van der Waals surface area contributed by atoms with Crippen LogP contribution in [-0.4, -0.2) is 40.9 Å². The van der Waals surface area contributed by atoms with Crippen LogP contribution in [0, 0.1) is 0 Å². The van der Waals surface area contributed by atoms with Crippen LogP contribution in [0.2, 0.25) is 0 Å². The fraction of sp³-hybridized carbons (Fsp3) is 0.235. The van der Waals surface area contributed by atoms with E-state index >= 15 is 0 Å². The quantitative estimate of drug-likeness (QED) is 0.737. The lowest BCUT2D eigenvalue weighted by atomic mass is 10.1. The molecule has 3 rings (SSSR count). The van der Waals surface area contributed by atoms with Gasteiger partial charge < -0.3 is 4.74 Å². The summed E-state index contributed by atoms with van der Waals surface area (Å²) in [5.41, 5.74) is 1.45. The fourth-order valence-electron chi connectivity index (χ4n) is 2.47. The molecule has 6 heteroatoms. The van der Waals surface area contributed by atoms with E-state index in [1.165, 1.54) is 4.68 Å². The molecule has 23 heavy (non-hydrogen) atoms. The van der Waals surface area contributed by atoms with E-state index in [0.717, 1.165) is 10.9 Å². The van der Waals surface area contributed by atoms with Crippen LogP contribution < -0.4 is 10.3 Å². The van der Waals surface area contributed by atoms with E-state index in [-0.39, 0.29) is 5.56 Å². The summed E-state index contributed by atoms with van der Waals surface area (Å²) in [6, 6.07) is 9.19. The topological polar surface area (TPSA) is 60.2 Å². The van der Waals surface area contributed by atoms with Crippen molar-refractivity contribution < 1.29 is 4.74 Å². The number of rotatable bonds is 4. The van der Waals surface area contributed by atoms with Crippen molar-refractivity contribution in [1.29, 1.82) is 0 Å². The molecule has 0 fully saturated rings. The Morgan fingerprint density at radius 1 is 1.22 bits per heavy atom. The van der Waals surface area contributed by atoms with Crippen molar-refractivity contribution in [2.75, 3.05) is 21.2 Å². The van der Waals surface area contributed by atoms with Gasteiger partial charge in [0.25, 0.3) is 5.56 Å². The van der Waals surface area contributed by atoms with Crippen molar-refractivity contribution in [3.8, 4) is 17.0 Å². The Bertz CT molecular complexity index is 888. The zero-order chi connectivity index (χ0) is 16.4. The highest BCUT2D eigenvalue weighted by Gasteiger charge is 2.13. The van der Waals surface area contributed by atoms with Gasteiger partial charge in [0.2, 0.25) is 0 Å². The van der Waals surface area contributed by atoms with Gasteiger partial charge in [-0.05, 0) is 44.4 Å². The standard InChI is InChI=1S/C17H18N4O2/c1-20(2)11-21-17(22)14-7-6-13(23-3)9-15(14)16(19-21)12-5-4-8-18-10-12/h4-10H,11H2,1-3H3. The average molecular weight is 310 g/mol. The van der Waals surface area contributed by atoms with Crippen LogP contribution in [0.15, 0.2) is 47.5 Å². The van der Waals surface area contributed by atoms with Gasteiger partial charge in [-0.25, -0.2) is 4.68 Å². The second-order valence-corrected chi connectivity index (χ2v) is 5.53. The van der Waals surface area contributed by atoms with E-state index < -0.39 is 0 Å². The Hall–Kier alpha value is -2.73. The first-order chi connectivity index (χ1) is 11.1. The predicted octanol–water partition coefficient (Wildman–Crippen LogP) is 1.99. The summed E-state index contributed by atoms with van der Waals surface area (Å²) < 4.78 is 6.76. The van der Waals surface area contributed by atoms with Crippen molar-refractivity contribution in [3.05, 3.63) is 53.1 Å². The van der Waals surface area contributed by atoms with Gasteiger partial charge >= 0.3 is 0 Å². The summed E-state index contributed by atoms with van der Waals surface area (Å²) in [6.45, 7) is 0.411. The van der Waals surface area contributed by atoms with E-state index in [0.29, 0.717) is 23.5 Å². The monoisotopic (exact) mass is 310 g/mol. The van der Waals surface area contributed by atoms with Crippen LogP contribution in [0.4, 0.5) is 0 Å². The van der Waals surface area contributed by atoms with Crippen molar-refractivity contribution in [2.45, 2.75) is 6.67 Å². The summed E-state index contributed by atoms with van der Waals surface area (Å²) in [6.07, 6.45) is 3.45. The van der Waals surface area contributed by atoms with E-state index in [4.69, 9.17) is 4.74 Å². The van der Waals surface area contributed by atoms with Crippen molar-refractivity contribution >= 4 is 10.8 Å². The van der Waals surface area contributed by atoms with Crippen LogP contribution in [0.25, 0.3) is 22.0 Å². The first-order valence-electron chi connectivity index (χ1n) is 7.24. The largest absolute Gasteiger partial charge is 0.497 e. The van der Waals surface area contributed by atoms with Crippen LogP contribution >= 0.6 is 0 Å². The van der Waals surface area contributed by atoms with Crippen molar-refractivity contribution in [3.63, 3.8) is 0 Å². The zero-order valence-corrected chi connectivity index (χ0v) is 13.4. The minimum atomic E-state index is -0.121. The van der Waals surface area contributed by atoms with Crippen LogP contribution in [0.1, 0.15) is 0 Å². The third kappa shape index (κ3) is 2.93. The van der Waals surface area contributed by atoms with Crippen LogP contribution in [0.5, 0.6) is 5.75 Å². The predicted molar refractivity (Wildman–Crippen MR) is 89.5 cm³/mol. The number of ether oxygens (including phenoxy) is 1. The Balaban J connectivity index is 2.34. The van der Waals surface area contributed by atoms with E-state index in [2.05, 4.69) is 10.1 Å². The van der Waals surface area contributed by atoms with Crippen LogP contribution in [-0.2, 0) is 6.67 Å². The number of nitrogens with zero attached hydrogens (tertiary/aromatic N) is 4. The number of pyridine rings is 1. The SMILES string of the molecule is COc1ccc2c(=O)n(CN(C)C)nc(-c3cccnc3)c2c1. The average Bonchev–Trinajstić information content (AvgIpc) is 2.57. The first kappa shape index (κ1) is 15.2. The second-order valence-electron chi connectivity index (χ2n) is 5.53. The molecule has 3 aromatic rings. The highest BCUT2D eigenvalue weighted by molar-refractivity contribution is 5.94. The molecular weight excluding hydrogens is 292 g/mol. The Morgan fingerprint density at radius 3 is 2.70 bits per heavy atom. The van der Waals surface area contributed by atoms with Gasteiger partial charge in [-0.2, -0.15) is 5.10 Å². The lowest BCUT2D eigenvalue weighted by Crippen LogP contribution is -2.30. The van der Waals surface area contributed by atoms with Crippen LogP contribution in [0.3, 0.4) is 0 Å². The number of benzene rings is 1. The molecule has 0 unspecified atom stereocenters. The maximum absolute atomic E-state index is 12.7. The molecule has 0 atom stereocenters. The third-order valence-electron chi connectivity index (χ3n) is 3.52. The Kier molecular flexibility index (Phi) is 4.08. The first-order valence-corrected chi connectivity index (χ1v) is 7.24. The molecule has 2 aromatic heterocycles. The molecular formula is C17H18N4O2. The highest BCUT2D eigenvalue weighted by atomic mass is 16.5. The number of fused-ring (bicyclic) bond motifs is 1. The molecule has 1 aromatic carbocycles. The molecule has 0 saturated heterocycles. The third-order valence-corrected chi connectivity index (χ3v) is 3.52. The summed E-state index contributed by atoms with van der Waals surface area (Å²) in [5, 5.41) is 5.93. The van der Waals surface area contributed by atoms with E-state index in [9.17, 15) is 4.79 Å². The summed E-state index contributed by atoms with van der Waals surface area (Å²) in [7, 11) is 5.40. The summed E-state index contributed by atoms with van der Waals surface area (Å²) in [4.78, 5) is 18.7. The van der Waals surface area contributed by atoms with Gasteiger partial charge in [-0.1, -0.05) is 0 Å². The van der Waals surface area contributed by atoms with Gasteiger partial charge in [0, 0.05) is 23.3 Å². The molecule has 0 saturated carbocycles. The molecule has 0 N–H and O–H groups in total. The van der Waals surface area contributed by atoms with E-state index in [1.54, 1.807) is 31.6 Å². The maximum Gasteiger partial charge on any atom is 0.275 e. The Labute approximate surface area is 134 Å². The van der Waals surface area contributed by atoms with Crippen molar-refractivity contribution in [1.82, 2.24) is 19.7 Å². The lowest BCUT2D eigenvalue weighted by molar-refractivity contribution is 0.300. The molecule has 2 heterocycles. The normalized spacial score (nSPS) is 11.1. The molecule has 6 nitrogen and oxygen atoms in total. The fourth-order valence-corrected chi connectivity index (χ4v) is 2.47. The molecule has 0 spiro atoms. The molecule has 0 aliphatic heterocycles. The minimum Gasteiger partial charge on any atom is -0.497 e. The summed E-state index contributed by atoms with van der Waals surface area (Å²) in [5.74, 6) is 0.689. The zero-order valence-electron chi connectivity index (χ0n) is 13.4. The number of hydrogen-bond donors (Lipinski definition) is 0. The minimum absolute atomic E-state index is 0.121. The molecule has 0 aliphatic rings. The van der Waals surface area contributed by atoms with Gasteiger partial charge in [0.1, 0.15) is 11.4 Å². The maximum atomic E-state index is 12.7. The number of hydrogen-bond acceptors (Lipinski definition) is 5. The molecule has 118 valence electrons. The van der Waals surface area contributed by atoms with Gasteiger partial charge in [0.15, 0.2) is 0 Å². The highest BCUT2D eigenvalue weighted by Crippen LogP contribution is 2.27. The smallest absolute Gasteiger partial charge is 0.275 e. The van der Waals surface area contributed by atoms with Gasteiger partial charge in [-0.3, -0.25) is 14.7 Å². The molecule has 0 aliphatic carbocycles. The molecule has 0 radical (unpaired) electrons. The molecule has 0 bridgehead atoms.